The molecule has 0 heterocycles. The van der Waals surface area contributed by atoms with Gasteiger partial charge in [0.2, 0.25) is 5.78 Å². The summed E-state index contributed by atoms with van der Waals surface area (Å²) in [6.45, 7) is 0. The minimum Gasteiger partial charge on any atom is -0.493 e. The van der Waals surface area contributed by atoms with Gasteiger partial charge in [-0.3, -0.25) is 4.79 Å². The lowest BCUT2D eigenvalue weighted by Crippen LogP contribution is -2.08. The zero-order valence-corrected chi connectivity index (χ0v) is 12.7. The second kappa shape index (κ2) is 7.46. The van der Waals surface area contributed by atoms with Crippen molar-refractivity contribution in [3.05, 3.63) is 34.9 Å². The third kappa shape index (κ3) is 3.93. The van der Waals surface area contributed by atoms with Crippen LogP contribution in [-0.4, -0.2) is 39.0 Å². The van der Waals surface area contributed by atoms with Crippen LogP contribution in [0.15, 0.2) is 29.3 Å². The first kappa shape index (κ1) is 15.9. The van der Waals surface area contributed by atoms with E-state index in [0.29, 0.717) is 22.0 Å². The number of rotatable bonds is 6. The number of methoxy groups -OCH3 is 2. The fourth-order valence-electron chi connectivity index (χ4n) is 1.53. The summed E-state index contributed by atoms with van der Waals surface area (Å²) in [6.07, 6.45) is 1.62. The number of thiocyanates is 1. The number of hydrogen-bond acceptors (Lipinski definition) is 6. The Balaban J connectivity index is 3.16. The minimum absolute atomic E-state index is 0.230. The molecule has 20 heavy (non-hydrogen) atoms. The molecule has 0 aliphatic carbocycles. The molecule has 0 atom stereocenters. The Morgan fingerprint density at radius 1 is 1.30 bits per heavy atom. The Morgan fingerprint density at radius 3 is 2.45 bits per heavy atom. The number of hydrogen-bond donors (Lipinski definition) is 0. The lowest BCUT2D eigenvalue weighted by molar-refractivity contribution is 0.104. The molecular formula is C14H16N2O3S. The van der Waals surface area contributed by atoms with E-state index in [2.05, 4.69) is 0 Å². The van der Waals surface area contributed by atoms with Gasteiger partial charge >= 0.3 is 0 Å². The molecule has 5 nitrogen and oxygen atoms in total. The van der Waals surface area contributed by atoms with Gasteiger partial charge in [0.15, 0.2) is 11.5 Å². The van der Waals surface area contributed by atoms with Crippen molar-refractivity contribution in [1.29, 1.82) is 5.26 Å². The van der Waals surface area contributed by atoms with Gasteiger partial charge in [0.1, 0.15) is 5.40 Å². The Morgan fingerprint density at radius 2 is 1.95 bits per heavy atom. The average Bonchev–Trinajstić information content (AvgIpc) is 2.44. The molecule has 6 heteroatoms. The van der Waals surface area contributed by atoms with Gasteiger partial charge in [-0.15, -0.1) is 0 Å². The molecule has 0 spiro atoms. The highest BCUT2D eigenvalue weighted by atomic mass is 32.2. The zero-order valence-electron chi connectivity index (χ0n) is 11.8. The van der Waals surface area contributed by atoms with Crippen LogP contribution in [0.1, 0.15) is 10.4 Å². The first-order chi connectivity index (χ1) is 9.53. The van der Waals surface area contributed by atoms with Gasteiger partial charge in [-0.2, -0.15) is 5.26 Å². The molecule has 0 aliphatic rings. The van der Waals surface area contributed by atoms with Gasteiger partial charge in [0.05, 0.1) is 19.1 Å². The van der Waals surface area contributed by atoms with E-state index >= 15 is 0 Å². The third-order valence-corrected chi connectivity index (χ3v) is 3.00. The summed E-state index contributed by atoms with van der Waals surface area (Å²) in [5, 5.41) is 10.7. The van der Waals surface area contributed by atoms with Crippen molar-refractivity contribution < 1.29 is 14.3 Å². The highest BCUT2D eigenvalue weighted by molar-refractivity contribution is 8.08. The number of allylic oxidation sites excluding steroid dienone is 1. The monoisotopic (exact) mass is 292 g/mol. The zero-order chi connectivity index (χ0) is 15.1. The van der Waals surface area contributed by atoms with Gasteiger partial charge in [-0.05, 0) is 30.0 Å². The van der Waals surface area contributed by atoms with Crippen LogP contribution < -0.4 is 9.47 Å². The lowest BCUT2D eigenvalue weighted by Gasteiger charge is -2.11. The third-order valence-electron chi connectivity index (χ3n) is 2.40. The number of benzene rings is 1. The largest absolute Gasteiger partial charge is 0.493 e. The maximum Gasteiger partial charge on any atom is 0.202 e. The molecule has 0 aliphatic heterocycles. The maximum absolute atomic E-state index is 12.4. The summed E-state index contributed by atoms with van der Waals surface area (Å²) in [4.78, 5) is 14.4. The van der Waals surface area contributed by atoms with Gasteiger partial charge < -0.3 is 14.4 Å². The van der Waals surface area contributed by atoms with Crippen molar-refractivity contribution in [1.82, 2.24) is 4.90 Å². The number of thioether (sulfide) groups is 1. The molecular weight excluding hydrogens is 276 g/mol. The number of ether oxygens (including phenoxy) is 2. The van der Waals surface area contributed by atoms with Crippen LogP contribution in [-0.2, 0) is 0 Å². The predicted molar refractivity (Wildman–Crippen MR) is 78.9 cm³/mol. The SMILES string of the molecule is COc1ccc(C(=O)/C(=C/N(C)C)SC#N)cc1OC. The molecule has 0 saturated heterocycles. The first-order valence-corrected chi connectivity index (χ1v) is 6.56. The summed E-state index contributed by atoms with van der Waals surface area (Å²) in [7, 11) is 6.62. The topological polar surface area (TPSA) is 62.6 Å². The van der Waals surface area contributed by atoms with Crippen LogP contribution in [0.2, 0.25) is 0 Å². The molecule has 0 aromatic heterocycles. The van der Waals surface area contributed by atoms with E-state index in [-0.39, 0.29) is 5.78 Å². The van der Waals surface area contributed by atoms with Crippen molar-refractivity contribution in [3.63, 3.8) is 0 Å². The molecule has 1 aromatic carbocycles. The molecule has 0 amide bonds. The molecule has 0 bridgehead atoms. The minimum atomic E-state index is -0.230. The first-order valence-electron chi connectivity index (χ1n) is 5.74. The molecule has 1 aromatic rings. The number of nitrogens with zero attached hydrogens (tertiary/aromatic N) is 2. The van der Waals surface area contributed by atoms with E-state index in [1.807, 2.05) is 5.40 Å². The molecule has 0 saturated carbocycles. The van der Waals surface area contributed by atoms with Crippen molar-refractivity contribution >= 4 is 17.5 Å². The molecule has 0 unspecified atom stereocenters. The van der Waals surface area contributed by atoms with Crippen molar-refractivity contribution in [2.75, 3.05) is 28.3 Å². The van der Waals surface area contributed by atoms with Gasteiger partial charge in [-0.25, -0.2) is 0 Å². The highest BCUT2D eigenvalue weighted by Gasteiger charge is 2.16. The summed E-state index contributed by atoms with van der Waals surface area (Å²) < 4.78 is 10.3. The standard InChI is InChI=1S/C14H16N2O3S/c1-16(2)8-13(20-9-15)14(17)10-5-6-11(18-3)12(7-10)19-4/h5-8H,1-4H3/b13-8-. The van der Waals surface area contributed by atoms with Crippen LogP contribution in [0, 0.1) is 10.7 Å². The normalized spacial score (nSPS) is 10.7. The van der Waals surface area contributed by atoms with Crippen LogP contribution >= 0.6 is 11.8 Å². The van der Waals surface area contributed by atoms with E-state index < -0.39 is 0 Å². The Labute approximate surface area is 122 Å². The maximum atomic E-state index is 12.4. The number of carbonyl (C=O) groups excluding carboxylic acids is 1. The number of nitriles is 1. The number of Topliss-reactive ketones (excluding diaryl/α,β-unsaturated/α-hetero) is 1. The quantitative estimate of drug-likeness (QED) is 0.456. The number of carbonyl (C=O) groups is 1. The van der Waals surface area contributed by atoms with Crippen LogP contribution in [0.3, 0.4) is 0 Å². The van der Waals surface area contributed by atoms with E-state index in [1.165, 1.54) is 14.2 Å². The van der Waals surface area contributed by atoms with E-state index in [1.54, 1.807) is 43.4 Å². The lowest BCUT2D eigenvalue weighted by atomic mass is 10.1. The summed E-state index contributed by atoms with van der Waals surface area (Å²) >= 11 is 0.834. The van der Waals surface area contributed by atoms with E-state index in [4.69, 9.17) is 14.7 Å². The molecule has 106 valence electrons. The Bertz CT molecular complexity index is 562. The fourth-order valence-corrected chi connectivity index (χ4v) is 2.11. The summed E-state index contributed by atoms with van der Waals surface area (Å²) in [5.41, 5.74) is 0.443. The second-order valence-electron chi connectivity index (χ2n) is 4.05. The molecule has 1 rings (SSSR count). The fraction of sp³-hybridized carbons (Fsp3) is 0.286. The van der Waals surface area contributed by atoms with Gasteiger partial charge in [-0.1, -0.05) is 0 Å². The van der Waals surface area contributed by atoms with Crippen molar-refractivity contribution in [3.8, 4) is 16.9 Å². The van der Waals surface area contributed by atoms with Crippen LogP contribution in [0.25, 0.3) is 0 Å². The highest BCUT2D eigenvalue weighted by Crippen LogP contribution is 2.30. The summed E-state index contributed by atoms with van der Waals surface area (Å²) in [6, 6.07) is 4.91. The average molecular weight is 292 g/mol. The van der Waals surface area contributed by atoms with E-state index in [9.17, 15) is 4.79 Å². The van der Waals surface area contributed by atoms with Gasteiger partial charge in [0, 0.05) is 25.9 Å². The second-order valence-corrected chi connectivity index (χ2v) is 4.88. The Hall–Kier alpha value is -2.13. The van der Waals surface area contributed by atoms with Crippen molar-refractivity contribution in [2.45, 2.75) is 0 Å². The Kier molecular flexibility index (Phi) is 5.94. The molecule has 0 radical (unpaired) electrons. The van der Waals surface area contributed by atoms with Gasteiger partial charge in [0.25, 0.3) is 0 Å². The van der Waals surface area contributed by atoms with Crippen molar-refractivity contribution in [2.24, 2.45) is 0 Å². The molecule has 0 fully saturated rings. The number of ketones is 1. The van der Waals surface area contributed by atoms with E-state index in [0.717, 1.165) is 11.8 Å². The smallest absolute Gasteiger partial charge is 0.202 e. The van der Waals surface area contributed by atoms with Crippen LogP contribution in [0.4, 0.5) is 0 Å². The van der Waals surface area contributed by atoms with Crippen LogP contribution in [0.5, 0.6) is 11.5 Å². The molecule has 0 N–H and O–H groups in total. The summed E-state index contributed by atoms with van der Waals surface area (Å²) in [5.74, 6) is 0.797. The predicted octanol–water partition coefficient (Wildman–Crippen LogP) is 2.50.